The van der Waals surface area contributed by atoms with Gasteiger partial charge in [-0.1, -0.05) is 24.6 Å². The van der Waals surface area contributed by atoms with Crippen molar-refractivity contribution in [3.05, 3.63) is 41.7 Å². The lowest BCUT2D eigenvalue weighted by Gasteiger charge is -2.09. The van der Waals surface area contributed by atoms with E-state index >= 15 is 0 Å². The Kier molecular flexibility index (Phi) is 4.43. The van der Waals surface area contributed by atoms with Gasteiger partial charge in [0, 0.05) is 18.3 Å². The Hall–Kier alpha value is -2.21. The van der Waals surface area contributed by atoms with E-state index in [2.05, 4.69) is 21.7 Å². The molecular formula is C16H14ClF2N3O. The van der Waals surface area contributed by atoms with E-state index in [0.29, 0.717) is 5.56 Å². The number of aromatic nitrogens is 3. The number of ether oxygens (including phenoxy) is 1. The third-order valence-electron chi connectivity index (χ3n) is 3.41. The number of rotatable bonds is 5. The van der Waals surface area contributed by atoms with Gasteiger partial charge in [0.15, 0.2) is 0 Å². The van der Waals surface area contributed by atoms with Crippen LogP contribution in [0.15, 0.2) is 36.7 Å². The molecule has 0 N–H and O–H groups in total. The Morgan fingerprint density at radius 2 is 2.04 bits per heavy atom. The molecule has 0 atom stereocenters. The van der Waals surface area contributed by atoms with Crippen LogP contribution in [-0.4, -0.2) is 21.4 Å². The van der Waals surface area contributed by atoms with Gasteiger partial charge in [0.2, 0.25) is 0 Å². The molecule has 0 radical (unpaired) electrons. The third kappa shape index (κ3) is 3.27. The zero-order valence-corrected chi connectivity index (χ0v) is 13.1. The molecule has 23 heavy (non-hydrogen) atoms. The van der Waals surface area contributed by atoms with Gasteiger partial charge in [-0.05, 0) is 30.2 Å². The Bertz CT molecular complexity index is 835. The normalized spacial score (nSPS) is 11.3. The molecule has 0 saturated carbocycles. The number of halogens is 3. The number of pyridine rings is 1. The zero-order valence-electron chi connectivity index (χ0n) is 12.3. The Labute approximate surface area is 136 Å². The first-order valence-electron chi connectivity index (χ1n) is 7.14. The Balaban J connectivity index is 2.04. The van der Waals surface area contributed by atoms with E-state index in [4.69, 9.17) is 11.6 Å². The summed E-state index contributed by atoms with van der Waals surface area (Å²) in [6, 6.07) is 6.68. The van der Waals surface area contributed by atoms with Crippen LogP contribution >= 0.6 is 11.6 Å². The quantitative estimate of drug-likeness (QED) is 0.673. The summed E-state index contributed by atoms with van der Waals surface area (Å²) in [4.78, 5) is 4.37. The van der Waals surface area contributed by atoms with Gasteiger partial charge in [-0.15, -0.1) is 0 Å². The van der Waals surface area contributed by atoms with Crippen LogP contribution in [0.4, 0.5) is 8.78 Å². The van der Waals surface area contributed by atoms with Crippen LogP contribution in [0.3, 0.4) is 0 Å². The third-order valence-corrected chi connectivity index (χ3v) is 3.72. The molecule has 0 spiro atoms. The maximum absolute atomic E-state index is 12.4. The first-order valence-corrected chi connectivity index (χ1v) is 7.52. The van der Waals surface area contributed by atoms with Gasteiger partial charge in [-0.2, -0.15) is 13.9 Å². The molecule has 2 aromatic heterocycles. The van der Waals surface area contributed by atoms with Crippen molar-refractivity contribution in [3.8, 4) is 16.9 Å². The van der Waals surface area contributed by atoms with Gasteiger partial charge in [0.05, 0.1) is 16.7 Å². The first kappa shape index (κ1) is 15.7. The lowest BCUT2D eigenvalue weighted by Crippen LogP contribution is -2.02. The fourth-order valence-electron chi connectivity index (χ4n) is 2.37. The molecule has 120 valence electrons. The highest BCUT2D eigenvalue weighted by Gasteiger charge is 2.12. The minimum Gasteiger partial charge on any atom is -0.433 e. The zero-order chi connectivity index (χ0) is 16.4. The first-order chi connectivity index (χ1) is 11.1. The minimum absolute atomic E-state index is 0.0543. The van der Waals surface area contributed by atoms with Crippen LogP contribution in [-0.2, 0) is 6.54 Å². The van der Waals surface area contributed by atoms with Crippen molar-refractivity contribution < 1.29 is 13.5 Å². The highest BCUT2D eigenvalue weighted by Crippen LogP contribution is 2.32. The van der Waals surface area contributed by atoms with Crippen molar-refractivity contribution in [1.82, 2.24) is 14.8 Å². The van der Waals surface area contributed by atoms with Crippen molar-refractivity contribution in [2.45, 2.75) is 26.5 Å². The summed E-state index contributed by atoms with van der Waals surface area (Å²) in [5.41, 5.74) is 3.17. The van der Waals surface area contributed by atoms with E-state index in [1.54, 1.807) is 18.5 Å². The molecule has 0 aliphatic heterocycles. The molecule has 0 aliphatic carbocycles. The number of hydrogen-bond acceptors (Lipinski definition) is 3. The van der Waals surface area contributed by atoms with Crippen molar-refractivity contribution in [2.24, 2.45) is 0 Å². The van der Waals surface area contributed by atoms with E-state index in [9.17, 15) is 8.78 Å². The number of nitrogens with zero attached hydrogens (tertiary/aromatic N) is 3. The molecule has 1 aromatic carbocycles. The molecule has 0 unspecified atom stereocenters. The summed E-state index contributed by atoms with van der Waals surface area (Å²) in [6.45, 7) is -0.0678. The molecular weight excluding hydrogens is 324 g/mol. The topological polar surface area (TPSA) is 39.9 Å². The van der Waals surface area contributed by atoms with Gasteiger partial charge in [0.1, 0.15) is 11.3 Å². The average molecular weight is 338 g/mol. The predicted octanol–water partition coefficient (Wildman–Crippen LogP) is 4.76. The molecule has 3 rings (SSSR count). The van der Waals surface area contributed by atoms with E-state index < -0.39 is 6.61 Å². The molecule has 0 aliphatic rings. The van der Waals surface area contributed by atoms with Gasteiger partial charge in [0.25, 0.3) is 0 Å². The molecule has 0 bridgehead atoms. The van der Waals surface area contributed by atoms with Crippen LogP contribution in [0.5, 0.6) is 5.75 Å². The molecule has 2 heterocycles. The Morgan fingerprint density at radius 1 is 1.22 bits per heavy atom. The molecule has 4 nitrogen and oxygen atoms in total. The van der Waals surface area contributed by atoms with Crippen LogP contribution < -0.4 is 4.74 Å². The summed E-state index contributed by atoms with van der Waals surface area (Å²) < 4.78 is 31.2. The lowest BCUT2D eigenvalue weighted by atomic mass is 10.1. The van der Waals surface area contributed by atoms with Gasteiger partial charge >= 0.3 is 6.61 Å². The summed E-state index contributed by atoms with van der Waals surface area (Å²) in [5, 5.41) is 4.44. The minimum atomic E-state index is -2.92. The lowest BCUT2D eigenvalue weighted by molar-refractivity contribution is -0.0497. The second-order valence-corrected chi connectivity index (χ2v) is 5.43. The van der Waals surface area contributed by atoms with E-state index in [0.717, 1.165) is 29.6 Å². The largest absolute Gasteiger partial charge is 0.433 e. The van der Waals surface area contributed by atoms with Gasteiger partial charge in [-0.25, -0.2) is 0 Å². The SMILES string of the molecule is CCCn1ncc2ncc(-c3ccc(Cl)c(OC(F)F)c3)cc21. The monoisotopic (exact) mass is 337 g/mol. The molecule has 0 saturated heterocycles. The van der Waals surface area contributed by atoms with E-state index in [1.807, 2.05) is 10.7 Å². The van der Waals surface area contributed by atoms with Crippen molar-refractivity contribution in [2.75, 3.05) is 0 Å². The van der Waals surface area contributed by atoms with Crippen molar-refractivity contribution >= 4 is 22.6 Å². The van der Waals surface area contributed by atoms with Gasteiger partial charge < -0.3 is 4.74 Å². The molecule has 3 aromatic rings. The fourth-order valence-corrected chi connectivity index (χ4v) is 2.54. The highest BCUT2D eigenvalue weighted by atomic mass is 35.5. The van der Waals surface area contributed by atoms with Crippen LogP contribution in [0.1, 0.15) is 13.3 Å². The molecule has 0 amide bonds. The summed E-state index contributed by atoms with van der Waals surface area (Å²) in [6.07, 6.45) is 4.34. The maximum Gasteiger partial charge on any atom is 0.387 e. The number of aryl methyl sites for hydroxylation is 1. The smallest absolute Gasteiger partial charge is 0.387 e. The van der Waals surface area contributed by atoms with E-state index in [-0.39, 0.29) is 10.8 Å². The second-order valence-electron chi connectivity index (χ2n) is 5.02. The predicted molar refractivity (Wildman–Crippen MR) is 84.9 cm³/mol. The highest BCUT2D eigenvalue weighted by molar-refractivity contribution is 6.32. The second kappa shape index (κ2) is 6.50. The summed E-state index contributed by atoms with van der Waals surface area (Å²) >= 11 is 5.88. The maximum atomic E-state index is 12.4. The van der Waals surface area contributed by atoms with Crippen molar-refractivity contribution in [1.29, 1.82) is 0 Å². The molecule has 7 heteroatoms. The number of fused-ring (bicyclic) bond motifs is 1. The van der Waals surface area contributed by atoms with Crippen LogP contribution in [0.25, 0.3) is 22.2 Å². The van der Waals surface area contributed by atoms with Crippen molar-refractivity contribution in [3.63, 3.8) is 0 Å². The summed E-state index contributed by atoms with van der Waals surface area (Å²) in [5.74, 6) is -0.0543. The van der Waals surface area contributed by atoms with E-state index in [1.165, 1.54) is 12.1 Å². The fraction of sp³-hybridized carbons (Fsp3) is 0.250. The summed E-state index contributed by atoms with van der Waals surface area (Å²) in [7, 11) is 0. The number of alkyl halides is 2. The number of benzene rings is 1. The molecule has 0 fully saturated rings. The average Bonchev–Trinajstić information content (AvgIpc) is 2.92. The number of hydrogen-bond donors (Lipinski definition) is 0. The Morgan fingerprint density at radius 3 is 2.78 bits per heavy atom. The standard InChI is InChI=1S/C16H14ClF2N3O/c1-2-5-22-14-6-11(8-20-13(14)9-21-22)10-3-4-12(17)15(7-10)23-16(18)19/h3-4,6-9,16H,2,5H2,1H3. The van der Waals surface area contributed by atoms with Crippen LogP contribution in [0.2, 0.25) is 5.02 Å². The van der Waals surface area contributed by atoms with Gasteiger partial charge in [-0.3, -0.25) is 9.67 Å². The van der Waals surface area contributed by atoms with Crippen LogP contribution in [0, 0.1) is 0 Å².